The Morgan fingerprint density at radius 1 is 1.53 bits per heavy atom. The number of carbonyl (C=O) groups is 1. The Balaban J connectivity index is 2.12. The van der Waals surface area contributed by atoms with Crippen molar-refractivity contribution in [1.82, 2.24) is 9.88 Å². The van der Waals surface area contributed by atoms with Gasteiger partial charge in [-0.05, 0) is 18.9 Å². The predicted molar refractivity (Wildman–Crippen MR) is 71.1 cm³/mol. The second-order valence-corrected chi connectivity index (χ2v) is 4.91. The molecule has 104 valence electrons. The van der Waals surface area contributed by atoms with E-state index in [1.807, 2.05) is 17.0 Å². The number of pyridine rings is 1. The molecule has 1 heterocycles. The number of rotatable bonds is 6. The van der Waals surface area contributed by atoms with E-state index in [0.29, 0.717) is 18.5 Å². The smallest absolute Gasteiger partial charge is 0.317 e. The summed E-state index contributed by atoms with van der Waals surface area (Å²) in [5.41, 5.74) is 0.943. The summed E-state index contributed by atoms with van der Waals surface area (Å²) < 4.78 is 5.23. The van der Waals surface area contributed by atoms with Crippen LogP contribution in [0.1, 0.15) is 31.2 Å². The van der Waals surface area contributed by atoms with Gasteiger partial charge < -0.3 is 9.84 Å². The number of ether oxygens (including phenoxy) is 1. The van der Waals surface area contributed by atoms with Crippen LogP contribution in [0.5, 0.6) is 5.88 Å². The summed E-state index contributed by atoms with van der Waals surface area (Å²) in [6.45, 7) is 0.649. The van der Waals surface area contributed by atoms with E-state index in [9.17, 15) is 4.79 Å². The zero-order valence-corrected chi connectivity index (χ0v) is 11.2. The van der Waals surface area contributed by atoms with Gasteiger partial charge >= 0.3 is 5.97 Å². The summed E-state index contributed by atoms with van der Waals surface area (Å²) in [4.78, 5) is 17.2. The molecule has 2 rings (SSSR count). The van der Waals surface area contributed by atoms with E-state index in [1.165, 1.54) is 12.8 Å². The van der Waals surface area contributed by atoms with E-state index in [4.69, 9.17) is 9.84 Å². The predicted octanol–water partition coefficient (Wildman–Crippen LogP) is 1.92. The molecule has 0 aromatic carbocycles. The van der Waals surface area contributed by atoms with Crippen molar-refractivity contribution in [3.8, 4) is 5.88 Å². The molecule has 0 amide bonds. The minimum absolute atomic E-state index is 0.0721. The maximum atomic E-state index is 11.0. The lowest BCUT2D eigenvalue weighted by Gasteiger charge is -2.27. The highest BCUT2D eigenvalue weighted by molar-refractivity contribution is 5.69. The van der Waals surface area contributed by atoms with Gasteiger partial charge in [-0.2, -0.15) is 0 Å². The van der Waals surface area contributed by atoms with E-state index < -0.39 is 5.97 Å². The monoisotopic (exact) mass is 264 g/mol. The van der Waals surface area contributed by atoms with Gasteiger partial charge in [-0.15, -0.1) is 0 Å². The van der Waals surface area contributed by atoms with Crippen molar-refractivity contribution < 1.29 is 14.6 Å². The van der Waals surface area contributed by atoms with Crippen molar-refractivity contribution in [3.63, 3.8) is 0 Å². The van der Waals surface area contributed by atoms with Crippen molar-refractivity contribution in [1.29, 1.82) is 0 Å². The van der Waals surface area contributed by atoms with Gasteiger partial charge in [0.05, 0.1) is 13.7 Å². The molecule has 1 aromatic rings. The minimum atomic E-state index is -0.783. The maximum Gasteiger partial charge on any atom is 0.317 e. The number of hydrogen-bond donors (Lipinski definition) is 1. The van der Waals surface area contributed by atoms with E-state index in [-0.39, 0.29) is 6.54 Å². The van der Waals surface area contributed by atoms with Crippen molar-refractivity contribution in [2.75, 3.05) is 13.7 Å². The average Bonchev–Trinajstić information content (AvgIpc) is 2.92. The molecular weight excluding hydrogens is 244 g/mol. The molecule has 1 saturated carbocycles. The zero-order chi connectivity index (χ0) is 13.7. The molecule has 0 radical (unpaired) electrons. The topological polar surface area (TPSA) is 62.7 Å². The third kappa shape index (κ3) is 3.67. The standard InChI is InChI=1S/C14H20N2O3/c1-19-14-11(5-4-8-15-14)9-16(10-13(17)18)12-6-2-3-7-12/h4-5,8,12H,2-3,6-7,9-10H2,1H3,(H,17,18). The van der Waals surface area contributed by atoms with E-state index in [0.717, 1.165) is 18.4 Å². The summed E-state index contributed by atoms with van der Waals surface area (Å²) in [7, 11) is 1.59. The van der Waals surface area contributed by atoms with Gasteiger partial charge in [0.1, 0.15) is 0 Å². The summed E-state index contributed by atoms with van der Waals surface area (Å²) in [5.74, 6) is -0.203. The lowest BCUT2D eigenvalue weighted by atomic mass is 10.1. The fourth-order valence-electron chi connectivity index (χ4n) is 2.70. The van der Waals surface area contributed by atoms with E-state index in [2.05, 4.69) is 4.98 Å². The molecule has 0 aliphatic heterocycles. The number of hydrogen-bond acceptors (Lipinski definition) is 4. The Labute approximate surface area is 113 Å². The summed E-state index contributed by atoms with van der Waals surface area (Å²) >= 11 is 0. The Bertz CT molecular complexity index is 430. The van der Waals surface area contributed by atoms with Crippen LogP contribution >= 0.6 is 0 Å². The molecule has 1 N–H and O–H groups in total. The normalized spacial score (nSPS) is 15.9. The first-order chi connectivity index (χ1) is 9.20. The van der Waals surface area contributed by atoms with Gasteiger partial charge in [0.15, 0.2) is 0 Å². The highest BCUT2D eigenvalue weighted by atomic mass is 16.5. The maximum absolute atomic E-state index is 11.0. The average molecular weight is 264 g/mol. The molecule has 5 heteroatoms. The number of carboxylic acids is 1. The van der Waals surface area contributed by atoms with Crippen LogP contribution in [0.2, 0.25) is 0 Å². The molecule has 19 heavy (non-hydrogen) atoms. The first-order valence-corrected chi connectivity index (χ1v) is 6.64. The Hall–Kier alpha value is -1.62. The highest BCUT2D eigenvalue weighted by Gasteiger charge is 2.25. The third-order valence-corrected chi connectivity index (χ3v) is 3.60. The zero-order valence-electron chi connectivity index (χ0n) is 11.2. The van der Waals surface area contributed by atoms with E-state index >= 15 is 0 Å². The molecule has 0 unspecified atom stereocenters. The quantitative estimate of drug-likeness (QED) is 0.850. The van der Waals surface area contributed by atoms with Crippen molar-refractivity contribution in [2.24, 2.45) is 0 Å². The summed E-state index contributed by atoms with van der Waals surface area (Å²) in [6, 6.07) is 4.15. The number of carboxylic acid groups (broad SMARTS) is 1. The lowest BCUT2D eigenvalue weighted by Crippen LogP contribution is -2.37. The summed E-state index contributed by atoms with van der Waals surface area (Å²) in [6.07, 6.45) is 6.21. The Morgan fingerprint density at radius 2 is 2.26 bits per heavy atom. The molecule has 0 spiro atoms. The molecule has 5 nitrogen and oxygen atoms in total. The second-order valence-electron chi connectivity index (χ2n) is 4.91. The van der Waals surface area contributed by atoms with Crippen LogP contribution in [0.15, 0.2) is 18.3 Å². The molecule has 1 aliphatic rings. The number of methoxy groups -OCH3 is 1. The molecule has 0 atom stereocenters. The molecule has 0 bridgehead atoms. The number of aliphatic carboxylic acids is 1. The van der Waals surface area contributed by atoms with Crippen LogP contribution < -0.4 is 4.74 Å². The van der Waals surface area contributed by atoms with Gasteiger partial charge in [0, 0.05) is 24.3 Å². The fourth-order valence-corrected chi connectivity index (χ4v) is 2.70. The molecule has 1 fully saturated rings. The van der Waals surface area contributed by atoms with Gasteiger partial charge in [0.25, 0.3) is 0 Å². The third-order valence-electron chi connectivity index (χ3n) is 3.60. The van der Waals surface area contributed by atoms with Crippen LogP contribution in [0, 0.1) is 0 Å². The first kappa shape index (κ1) is 13.8. The van der Waals surface area contributed by atoms with Crippen LogP contribution in [-0.2, 0) is 11.3 Å². The number of aromatic nitrogens is 1. The number of nitrogens with zero attached hydrogens (tertiary/aromatic N) is 2. The van der Waals surface area contributed by atoms with Crippen molar-refractivity contribution >= 4 is 5.97 Å². The Kier molecular flexibility index (Phi) is 4.74. The SMILES string of the molecule is COc1ncccc1CN(CC(=O)O)C1CCCC1. The first-order valence-electron chi connectivity index (χ1n) is 6.64. The molecule has 1 aromatic heterocycles. The van der Waals surface area contributed by atoms with Crippen LogP contribution in [0.4, 0.5) is 0 Å². The van der Waals surface area contributed by atoms with Gasteiger partial charge in [-0.1, -0.05) is 18.9 Å². The van der Waals surface area contributed by atoms with Crippen molar-refractivity contribution in [3.05, 3.63) is 23.9 Å². The van der Waals surface area contributed by atoms with Crippen molar-refractivity contribution in [2.45, 2.75) is 38.3 Å². The molecule has 0 saturated heterocycles. The van der Waals surface area contributed by atoms with Gasteiger partial charge in [0.2, 0.25) is 5.88 Å². The largest absolute Gasteiger partial charge is 0.481 e. The lowest BCUT2D eigenvalue weighted by molar-refractivity contribution is -0.139. The second kappa shape index (κ2) is 6.52. The Morgan fingerprint density at radius 3 is 2.89 bits per heavy atom. The van der Waals surface area contributed by atoms with Gasteiger partial charge in [-0.3, -0.25) is 9.69 Å². The van der Waals surface area contributed by atoms with Crippen LogP contribution in [0.25, 0.3) is 0 Å². The van der Waals surface area contributed by atoms with E-state index in [1.54, 1.807) is 13.3 Å². The van der Waals surface area contributed by atoms with Gasteiger partial charge in [-0.25, -0.2) is 4.98 Å². The summed E-state index contributed by atoms with van der Waals surface area (Å²) in [5, 5.41) is 9.06. The highest BCUT2D eigenvalue weighted by Crippen LogP contribution is 2.26. The molecular formula is C14H20N2O3. The van der Waals surface area contributed by atoms with Crippen LogP contribution in [-0.4, -0.2) is 40.7 Å². The molecule has 1 aliphatic carbocycles. The minimum Gasteiger partial charge on any atom is -0.481 e. The van der Waals surface area contributed by atoms with Crippen LogP contribution in [0.3, 0.4) is 0 Å². The fraction of sp³-hybridized carbons (Fsp3) is 0.571.